The maximum atomic E-state index is 2.32. The Labute approximate surface area is 114 Å². The fourth-order valence-corrected chi connectivity index (χ4v) is 3.46. The second-order valence-electron chi connectivity index (χ2n) is 4.76. The highest BCUT2D eigenvalue weighted by molar-refractivity contribution is 7.14. The third-order valence-corrected chi connectivity index (χ3v) is 4.58. The fraction of sp³-hybridized carbons (Fsp3) is 0.400. The zero-order chi connectivity index (χ0) is 13.3. The standard InChI is InChI=1S/C15H21N2S/c1-6-14-11(2)18-15(17(14)5)12-7-9-13(10-8-12)16(3)4/h7-10H,6H2,1-5H3/q+1. The summed E-state index contributed by atoms with van der Waals surface area (Å²) in [5.41, 5.74) is 3.98. The number of thiazole rings is 1. The Bertz CT molecular complexity index is 538. The summed E-state index contributed by atoms with van der Waals surface area (Å²) >= 11 is 1.88. The first-order valence-corrected chi connectivity index (χ1v) is 7.12. The Morgan fingerprint density at radius 1 is 1.17 bits per heavy atom. The lowest BCUT2D eigenvalue weighted by Gasteiger charge is -2.11. The van der Waals surface area contributed by atoms with Gasteiger partial charge in [-0.3, -0.25) is 0 Å². The van der Waals surface area contributed by atoms with Crippen molar-refractivity contribution < 1.29 is 4.57 Å². The van der Waals surface area contributed by atoms with Crippen LogP contribution in [0.2, 0.25) is 0 Å². The smallest absolute Gasteiger partial charge is 0.269 e. The molecule has 1 heterocycles. The van der Waals surface area contributed by atoms with E-state index >= 15 is 0 Å². The molecular weight excluding hydrogens is 240 g/mol. The molecule has 1 aromatic heterocycles. The summed E-state index contributed by atoms with van der Waals surface area (Å²) in [7, 11) is 6.30. The van der Waals surface area contributed by atoms with E-state index in [1.54, 1.807) is 0 Å². The topological polar surface area (TPSA) is 7.12 Å². The van der Waals surface area contributed by atoms with Crippen LogP contribution in [-0.2, 0) is 13.5 Å². The van der Waals surface area contributed by atoms with E-state index in [2.05, 4.69) is 68.7 Å². The van der Waals surface area contributed by atoms with E-state index in [0.717, 1.165) is 6.42 Å². The Morgan fingerprint density at radius 3 is 2.22 bits per heavy atom. The zero-order valence-corrected chi connectivity index (χ0v) is 12.6. The minimum atomic E-state index is 1.09. The van der Waals surface area contributed by atoms with Crippen molar-refractivity contribution in [2.45, 2.75) is 20.3 Å². The molecule has 0 spiro atoms. The molecule has 2 aromatic rings. The molecule has 18 heavy (non-hydrogen) atoms. The van der Waals surface area contributed by atoms with Gasteiger partial charge in [-0.1, -0.05) is 18.3 Å². The van der Waals surface area contributed by atoms with Gasteiger partial charge in [-0.05, 0) is 31.2 Å². The van der Waals surface area contributed by atoms with Crippen LogP contribution in [0.25, 0.3) is 10.6 Å². The van der Waals surface area contributed by atoms with Crippen LogP contribution in [-0.4, -0.2) is 14.1 Å². The molecule has 0 aliphatic rings. The average molecular weight is 261 g/mol. The Hall–Kier alpha value is -1.35. The van der Waals surface area contributed by atoms with Crippen LogP contribution in [0.15, 0.2) is 24.3 Å². The molecule has 0 saturated heterocycles. The van der Waals surface area contributed by atoms with Gasteiger partial charge in [0.05, 0.1) is 10.4 Å². The molecule has 0 atom stereocenters. The number of anilines is 1. The van der Waals surface area contributed by atoms with Crippen molar-refractivity contribution in [2.24, 2.45) is 7.05 Å². The van der Waals surface area contributed by atoms with Crippen molar-refractivity contribution in [2.75, 3.05) is 19.0 Å². The summed E-state index contributed by atoms with van der Waals surface area (Å²) in [5, 5.41) is 1.34. The molecule has 1 aromatic carbocycles. The molecule has 3 heteroatoms. The van der Waals surface area contributed by atoms with E-state index < -0.39 is 0 Å². The normalized spacial score (nSPS) is 10.7. The number of benzene rings is 1. The quantitative estimate of drug-likeness (QED) is 0.770. The van der Waals surface area contributed by atoms with Crippen LogP contribution in [0, 0.1) is 6.92 Å². The summed E-state index contributed by atoms with van der Waals surface area (Å²) < 4.78 is 2.32. The number of hydrogen-bond acceptors (Lipinski definition) is 2. The van der Waals surface area contributed by atoms with Gasteiger partial charge in [-0.25, -0.2) is 0 Å². The molecule has 0 aliphatic heterocycles. The largest absolute Gasteiger partial charge is 0.378 e. The van der Waals surface area contributed by atoms with E-state index in [4.69, 9.17) is 0 Å². The zero-order valence-electron chi connectivity index (χ0n) is 11.8. The van der Waals surface area contributed by atoms with Gasteiger partial charge in [-0.15, -0.1) is 0 Å². The van der Waals surface area contributed by atoms with Gasteiger partial charge in [0.15, 0.2) is 5.69 Å². The van der Waals surface area contributed by atoms with Gasteiger partial charge in [-0.2, -0.15) is 4.57 Å². The Balaban J connectivity index is 2.43. The van der Waals surface area contributed by atoms with Crippen LogP contribution < -0.4 is 9.47 Å². The molecule has 0 bridgehead atoms. The predicted octanol–water partition coefficient (Wildman–Crippen LogP) is 3.18. The lowest BCUT2D eigenvalue weighted by molar-refractivity contribution is -0.663. The predicted molar refractivity (Wildman–Crippen MR) is 79.4 cm³/mol. The molecule has 96 valence electrons. The highest BCUT2D eigenvalue weighted by atomic mass is 32.1. The first-order chi connectivity index (χ1) is 8.54. The Morgan fingerprint density at radius 2 is 1.78 bits per heavy atom. The number of aromatic nitrogens is 1. The van der Waals surface area contributed by atoms with Crippen molar-refractivity contribution in [3.05, 3.63) is 34.8 Å². The Kier molecular flexibility index (Phi) is 3.71. The highest BCUT2D eigenvalue weighted by Crippen LogP contribution is 2.27. The lowest BCUT2D eigenvalue weighted by atomic mass is 10.2. The van der Waals surface area contributed by atoms with Crippen molar-refractivity contribution in [1.29, 1.82) is 0 Å². The molecular formula is C15H21N2S+. The van der Waals surface area contributed by atoms with Gasteiger partial charge in [0.2, 0.25) is 0 Å². The van der Waals surface area contributed by atoms with Crippen molar-refractivity contribution in [3.8, 4) is 10.6 Å². The van der Waals surface area contributed by atoms with Crippen molar-refractivity contribution in [3.63, 3.8) is 0 Å². The van der Waals surface area contributed by atoms with E-state index in [0.29, 0.717) is 0 Å². The number of hydrogen-bond donors (Lipinski definition) is 0. The minimum Gasteiger partial charge on any atom is -0.378 e. The van der Waals surface area contributed by atoms with Gasteiger partial charge in [0, 0.05) is 26.2 Å². The van der Waals surface area contributed by atoms with Crippen LogP contribution in [0.5, 0.6) is 0 Å². The molecule has 0 fully saturated rings. The second-order valence-corrected chi connectivity index (χ2v) is 5.97. The van der Waals surface area contributed by atoms with Gasteiger partial charge < -0.3 is 4.90 Å². The van der Waals surface area contributed by atoms with E-state index in [1.165, 1.54) is 26.8 Å². The molecule has 0 unspecified atom stereocenters. The molecule has 0 N–H and O–H groups in total. The van der Waals surface area contributed by atoms with Gasteiger partial charge in [0.25, 0.3) is 5.01 Å². The molecule has 2 nitrogen and oxygen atoms in total. The molecule has 0 radical (unpaired) electrons. The monoisotopic (exact) mass is 261 g/mol. The van der Waals surface area contributed by atoms with Crippen LogP contribution in [0.3, 0.4) is 0 Å². The molecule has 2 rings (SSSR count). The van der Waals surface area contributed by atoms with E-state index in [9.17, 15) is 0 Å². The van der Waals surface area contributed by atoms with E-state index in [1.807, 2.05) is 11.3 Å². The van der Waals surface area contributed by atoms with E-state index in [-0.39, 0.29) is 0 Å². The first kappa shape index (κ1) is 13.1. The molecule has 0 amide bonds. The van der Waals surface area contributed by atoms with Crippen LogP contribution in [0.4, 0.5) is 5.69 Å². The SMILES string of the molecule is CCc1c(C)sc(-c2ccc(N(C)C)cc2)[n+]1C. The summed E-state index contributed by atoms with van der Waals surface area (Å²) in [6, 6.07) is 8.77. The second kappa shape index (κ2) is 5.11. The highest BCUT2D eigenvalue weighted by Gasteiger charge is 2.20. The van der Waals surface area contributed by atoms with Gasteiger partial charge >= 0.3 is 0 Å². The fourth-order valence-electron chi connectivity index (χ4n) is 2.27. The maximum absolute atomic E-state index is 2.32. The van der Waals surface area contributed by atoms with Gasteiger partial charge in [0.1, 0.15) is 7.05 Å². The average Bonchev–Trinajstić information content (AvgIpc) is 2.64. The molecule has 0 saturated carbocycles. The molecule has 0 aliphatic carbocycles. The lowest BCUT2D eigenvalue weighted by Crippen LogP contribution is -2.32. The summed E-state index contributed by atoms with van der Waals surface area (Å²) in [5.74, 6) is 0. The summed E-state index contributed by atoms with van der Waals surface area (Å²) in [6.45, 7) is 4.43. The summed E-state index contributed by atoms with van der Waals surface area (Å²) in [6.07, 6.45) is 1.09. The third-order valence-electron chi connectivity index (χ3n) is 3.33. The van der Waals surface area contributed by atoms with Crippen molar-refractivity contribution >= 4 is 17.0 Å². The van der Waals surface area contributed by atoms with Crippen molar-refractivity contribution in [1.82, 2.24) is 0 Å². The first-order valence-electron chi connectivity index (χ1n) is 6.30. The number of nitrogens with zero attached hydrogens (tertiary/aromatic N) is 2. The minimum absolute atomic E-state index is 1.09. The van der Waals surface area contributed by atoms with Crippen LogP contribution >= 0.6 is 11.3 Å². The summed E-state index contributed by atoms with van der Waals surface area (Å²) in [4.78, 5) is 3.55. The van der Waals surface area contributed by atoms with Crippen LogP contribution in [0.1, 0.15) is 17.5 Å². The maximum Gasteiger partial charge on any atom is 0.269 e. The number of aryl methyl sites for hydroxylation is 1. The number of rotatable bonds is 3. The third kappa shape index (κ3) is 2.27.